The van der Waals surface area contributed by atoms with Gasteiger partial charge < -0.3 is 10.5 Å². The molecule has 0 radical (unpaired) electrons. The monoisotopic (exact) mass is 332 g/mol. The maximum Gasteiger partial charge on any atom is 0.0702 e. The molecule has 1 aliphatic carbocycles. The highest BCUT2D eigenvalue weighted by Crippen LogP contribution is 2.38. The highest BCUT2D eigenvalue weighted by atomic mass is 79.9. The van der Waals surface area contributed by atoms with E-state index in [1.165, 1.54) is 21.5 Å². The van der Waals surface area contributed by atoms with Crippen LogP contribution < -0.4 is 5.73 Å². The molecule has 0 bridgehead atoms. The normalized spacial score (nSPS) is 19.2. The molecular weight excluding hydrogens is 312 g/mol. The highest BCUT2D eigenvalue weighted by molar-refractivity contribution is 9.11. The van der Waals surface area contributed by atoms with Crippen molar-refractivity contribution in [1.82, 2.24) is 4.90 Å². The summed E-state index contributed by atoms with van der Waals surface area (Å²) in [6.07, 6.45) is 2.58. The van der Waals surface area contributed by atoms with E-state index in [1.54, 1.807) is 18.4 Å². The lowest BCUT2D eigenvalue weighted by atomic mass is 10.1. The van der Waals surface area contributed by atoms with Crippen molar-refractivity contribution in [3.8, 4) is 0 Å². The number of thiophene rings is 1. The average Bonchev–Trinajstić information content (AvgIpc) is 3.07. The van der Waals surface area contributed by atoms with Crippen LogP contribution in [0.1, 0.15) is 30.7 Å². The van der Waals surface area contributed by atoms with Gasteiger partial charge in [-0.3, -0.25) is 4.90 Å². The van der Waals surface area contributed by atoms with E-state index in [0.717, 1.165) is 13.2 Å². The number of hydrogen-bond acceptors (Lipinski definition) is 4. The quantitative estimate of drug-likeness (QED) is 0.834. The van der Waals surface area contributed by atoms with Gasteiger partial charge in [-0.15, -0.1) is 11.3 Å². The second kappa shape index (κ2) is 6.48. The summed E-state index contributed by atoms with van der Waals surface area (Å²) in [5.74, 6) is 0. The molecule has 2 N–H and O–H groups in total. The molecule has 1 saturated carbocycles. The van der Waals surface area contributed by atoms with E-state index < -0.39 is 0 Å². The van der Waals surface area contributed by atoms with E-state index in [4.69, 9.17) is 10.5 Å². The van der Waals surface area contributed by atoms with Crippen LogP contribution >= 0.6 is 27.3 Å². The van der Waals surface area contributed by atoms with Gasteiger partial charge in [-0.1, -0.05) is 0 Å². The Balaban J connectivity index is 2.15. The van der Waals surface area contributed by atoms with Crippen LogP contribution in [-0.4, -0.2) is 37.2 Å². The predicted molar refractivity (Wildman–Crippen MR) is 80.0 cm³/mol. The first-order valence-corrected chi connectivity index (χ1v) is 8.00. The highest BCUT2D eigenvalue weighted by Gasteiger charge is 2.36. The molecule has 0 spiro atoms. The molecule has 2 unspecified atom stereocenters. The van der Waals surface area contributed by atoms with Crippen LogP contribution in [0.3, 0.4) is 0 Å². The van der Waals surface area contributed by atoms with Crippen LogP contribution in [-0.2, 0) is 4.74 Å². The first-order chi connectivity index (χ1) is 8.63. The molecule has 1 aromatic rings. The average molecular weight is 333 g/mol. The summed E-state index contributed by atoms with van der Waals surface area (Å²) < 4.78 is 6.40. The molecule has 0 saturated heterocycles. The van der Waals surface area contributed by atoms with Gasteiger partial charge in [-0.25, -0.2) is 0 Å². The zero-order chi connectivity index (χ0) is 13.1. The minimum absolute atomic E-state index is 0.132. The number of ether oxygens (including phenoxy) is 1. The molecular formula is C13H21BrN2OS. The van der Waals surface area contributed by atoms with Crippen LogP contribution in [0.25, 0.3) is 0 Å². The summed E-state index contributed by atoms with van der Waals surface area (Å²) in [6, 6.07) is 5.43. The van der Waals surface area contributed by atoms with Crippen molar-refractivity contribution in [2.75, 3.05) is 20.3 Å². The van der Waals surface area contributed by atoms with E-state index in [-0.39, 0.29) is 6.04 Å². The molecule has 2 rings (SSSR count). The first-order valence-electron chi connectivity index (χ1n) is 6.39. The van der Waals surface area contributed by atoms with Crippen LogP contribution in [0.5, 0.6) is 0 Å². The Kier molecular flexibility index (Phi) is 5.21. The van der Waals surface area contributed by atoms with Gasteiger partial charge in [0.05, 0.1) is 16.4 Å². The number of nitrogens with two attached hydrogens (primary N) is 1. The molecule has 1 fully saturated rings. The van der Waals surface area contributed by atoms with Crippen LogP contribution in [0.15, 0.2) is 15.9 Å². The molecule has 1 aliphatic rings. The topological polar surface area (TPSA) is 38.5 Å². The van der Waals surface area contributed by atoms with E-state index in [9.17, 15) is 0 Å². The van der Waals surface area contributed by atoms with Crippen molar-refractivity contribution >= 4 is 27.3 Å². The van der Waals surface area contributed by atoms with E-state index in [1.807, 2.05) is 0 Å². The van der Waals surface area contributed by atoms with Crippen LogP contribution in [0.2, 0.25) is 0 Å². The molecule has 102 valence electrons. The molecule has 3 nitrogen and oxygen atoms in total. The van der Waals surface area contributed by atoms with Crippen LogP contribution in [0, 0.1) is 0 Å². The minimum Gasteiger partial charge on any atom is -0.383 e. The van der Waals surface area contributed by atoms with Gasteiger partial charge in [0.15, 0.2) is 0 Å². The largest absolute Gasteiger partial charge is 0.383 e. The van der Waals surface area contributed by atoms with Crippen molar-refractivity contribution in [3.05, 3.63) is 20.8 Å². The molecule has 18 heavy (non-hydrogen) atoms. The van der Waals surface area contributed by atoms with Crippen molar-refractivity contribution in [1.29, 1.82) is 0 Å². The Morgan fingerprint density at radius 1 is 1.56 bits per heavy atom. The molecule has 1 heterocycles. The lowest BCUT2D eigenvalue weighted by molar-refractivity contribution is 0.106. The summed E-state index contributed by atoms with van der Waals surface area (Å²) in [6.45, 7) is 3.83. The summed E-state index contributed by atoms with van der Waals surface area (Å²) in [4.78, 5) is 3.87. The summed E-state index contributed by atoms with van der Waals surface area (Å²) in [5, 5.41) is 0. The van der Waals surface area contributed by atoms with Crippen LogP contribution in [0.4, 0.5) is 0 Å². The van der Waals surface area contributed by atoms with Crippen molar-refractivity contribution in [3.63, 3.8) is 0 Å². The molecule has 0 aliphatic heterocycles. The van der Waals surface area contributed by atoms with E-state index in [2.05, 4.69) is 39.9 Å². The second-order valence-electron chi connectivity index (χ2n) is 4.91. The zero-order valence-corrected chi connectivity index (χ0v) is 13.3. The van der Waals surface area contributed by atoms with Crippen molar-refractivity contribution < 1.29 is 4.74 Å². The van der Waals surface area contributed by atoms with E-state index >= 15 is 0 Å². The van der Waals surface area contributed by atoms with Gasteiger partial charge in [0.2, 0.25) is 0 Å². The van der Waals surface area contributed by atoms with Gasteiger partial charge in [0, 0.05) is 30.6 Å². The fourth-order valence-electron chi connectivity index (χ4n) is 2.36. The fourth-order valence-corrected chi connectivity index (χ4v) is 4.02. The fraction of sp³-hybridized carbons (Fsp3) is 0.692. The smallest absolute Gasteiger partial charge is 0.0702 e. The predicted octanol–water partition coefficient (Wildman–Crippen LogP) is 3.01. The Morgan fingerprint density at radius 2 is 2.28 bits per heavy atom. The van der Waals surface area contributed by atoms with Crippen molar-refractivity contribution in [2.45, 2.75) is 37.9 Å². The maximum atomic E-state index is 6.23. The molecule has 1 aromatic heterocycles. The number of hydrogen-bond donors (Lipinski definition) is 1. The molecule has 2 atom stereocenters. The summed E-state index contributed by atoms with van der Waals surface area (Å²) >= 11 is 5.32. The second-order valence-corrected chi connectivity index (χ2v) is 7.40. The Hall–Kier alpha value is 0.0600. The van der Waals surface area contributed by atoms with Gasteiger partial charge in [0.1, 0.15) is 0 Å². The summed E-state index contributed by atoms with van der Waals surface area (Å²) in [5.41, 5.74) is 6.23. The Morgan fingerprint density at radius 3 is 2.72 bits per heavy atom. The number of halogens is 1. The van der Waals surface area contributed by atoms with Crippen molar-refractivity contribution in [2.24, 2.45) is 5.73 Å². The zero-order valence-electron chi connectivity index (χ0n) is 10.9. The Bertz CT molecular complexity index is 379. The number of rotatable bonds is 7. The third-order valence-electron chi connectivity index (χ3n) is 3.31. The van der Waals surface area contributed by atoms with E-state index in [0.29, 0.717) is 12.1 Å². The molecule has 5 heteroatoms. The lowest BCUT2D eigenvalue weighted by Gasteiger charge is -2.33. The third-order valence-corrected chi connectivity index (χ3v) is 5.00. The van der Waals surface area contributed by atoms with Gasteiger partial charge in [-0.05, 0) is 47.8 Å². The molecule has 0 aromatic carbocycles. The molecule has 0 amide bonds. The summed E-state index contributed by atoms with van der Waals surface area (Å²) in [7, 11) is 1.76. The number of methoxy groups -OCH3 is 1. The van der Waals surface area contributed by atoms with Gasteiger partial charge in [0.25, 0.3) is 0 Å². The lowest BCUT2D eigenvalue weighted by Crippen LogP contribution is -2.42. The number of nitrogens with zero attached hydrogens (tertiary/aromatic N) is 1. The Labute approximate surface area is 121 Å². The minimum atomic E-state index is 0.132. The first kappa shape index (κ1) is 14.5. The third kappa shape index (κ3) is 3.54. The van der Waals surface area contributed by atoms with Gasteiger partial charge >= 0.3 is 0 Å². The maximum absolute atomic E-state index is 6.23. The standard InChI is InChI=1S/C13H21BrN2OS/c1-9(15)13(11-5-6-12(14)18-11)16(7-8-17-2)10-3-4-10/h5-6,9-10,13H,3-4,7-8,15H2,1-2H3. The SMILES string of the molecule is COCCN(C1CC1)C(c1ccc(Br)s1)C(C)N. The van der Waals surface area contributed by atoms with Gasteiger partial charge in [-0.2, -0.15) is 0 Å².